The molecule has 0 spiro atoms. The highest BCUT2D eigenvalue weighted by molar-refractivity contribution is 5.80. The van der Waals surface area contributed by atoms with Gasteiger partial charge in [0.05, 0.1) is 5.69 Å². The van der Waals surface area contributed by atoms with Crippen molar-refractivity contribution < 1.29 is 0 Å². The first-order valence-electron chi connectivity index (χ1n) is 5.05. The molecule has 0 bridgehead atoms. The maximum absolute atomic E-state index is 4.41. The van der Waals surface area contributed by atoms with Crippen LogP contribution >= 0.6 is 0 Å². The minimum atomic E-state index is 0.580. The fourth-order valence-electron chi connectivity index (χ4n) is 1.82. The molecule has 1 aromatic carbocycles. The van der Waals surface area contributed by atoms with Gasteiger partial charge in [-0.1, -0.05) is 38.0 Å². The lowest BCUT2D eigenvalue weighted by molar-refractivity contribution is 0.696. The molecule has 1 nitrogen and oxygen atoms in total. The van der Waals surface area contributed by atoms with Crippen LogP contribution in [0.15, 0.2) is 29.3 Å². The van der Waals surface area contributed by atoms with Crippen molar-refractivity contribution in [2.24, 2.45) is 4.99 Å². The van der Waals surface area contributed by atoms with E-state index in [1.165, 1.54) is 30.5 Å². The quantitative estimate of drug-likeness (QED) is 0.661. The maximum atomic E-state index is 4.41. The van der Waals surface area contributed by atoms with Crippen LogP contribution in [-0.4, -0.2) is 6.21 Å². The van der Waals surface area contributed by atoms with Gasteiger partial charge in [0.15, 0.2) is 0 Å². The van der Waals surface area contributed by atoms with Crippen molar-refractivity contribution in [3.05, 3.63) is 29.8 Å². The van der Waals surface area contributed by atoms with Crippen molar-refractivity contribution in [3.8, 4) is 0 Å². The van der Waals surface area contributed by atoms with Gasteiger partial charge in [-0.2, -0.15) is 0 Å². The molecule has 68 valence electrons. The van der Waals surface area contributed by atoms with Crippen molar-refractivity contribution in [2.75, 3.05) is 0 Å². The summed E-state index contributed by atoms with van der Waals surface area (Å²) in [5, 5.41) is 0. The lowest BCUT2D eigenvalue weighted by Crippen LogP contribution is -1.95. The standard InChI is InChI=1S/C12H15N/c1-2-3-6-10-9-13-12-8-5-4-7-11(10)12/h4-5,7-10H,2-3,6H2,1H3. The summed E-state index contributed by atoms with van der Waals surface area (Å²) in [6.07, 6.45) is 5.91. The smallest absolute Gasteiger partial charge is 0.0664 e. The van der Waals surface area contributed by atoms with Crippen LogP contribution in [0.5, 0.6) is 0 Å². The molecular formula is C12H15N. The molecule has 0 saturated carbocycles. The first kappa shape index (κ1) is 8.49. The third-order valence-electron chi connectivity index (χ3n) is 2.60. The molecule has 1 atom stereocenters. The van der Waals surface area contributed by atoms with Crippen molar-refractivity contribution in [3.63, 3.8) is 0 Å². The molecule has 13 heavy (non-hydrogen) atoms. The van der Waals surface area contributed by atoms with Crippen molar-refractivity contribution in [1.29, 1.82) is 0 Å². The third-order valence-corrected chi connectivity index (χ3v) is 2.60. The Morgan fingerprint density at radius 3 is 3.00 bits per heavy atom. The van der Waals surface area contributed by atoms with Crippen LogP contribution < -0.4 is 0 Å². The Morgan fingerprint density at radius 2 is 2.15 bits per heavy atom. The Morgan fingerprint density at radius 1 is 1.31 bits per heavy atom. The summed E-state index contributed by atoms with van der Waals surface area (Å²) < 4.78 is 0. The molecule has 0 fully saturated rings. The Balaban J connectivity index is 2.14. The normalized spacial score (nSPS) is 19.0. The number of unbranched alkanes of at least 4 members (excludes halogenated alkanes) is 1. The fraction of sp³-hybridized carbons (Fsp3) is 0.417. The van der Waals surface area contributed by atoms with Gasteiger partial charge >= 0.3 is 0 Å². The van der Waals surface area contributed by atoms with E-state index in [0.717, 1.165) is 0 Å². The number of hydrogen-bond donors (Lipinski definition) is 0. The molecule has 1 unspecified atom stereocenters. The van der Waals surface area contributed by atoms with E-state index in [1.54, 1.807) is 0 Å². The number of fused-ring (bicyclic) bond motifs is 1. The fourth-order valence-corrected chi connectivity index (χ4v) is 1.82. The van der Waals surface area contributed by atoms with Crippen LogP contribution in [0.1, 0.15) is 37.7 Å². The number of para-hydroxylation sites is 1. The van der Waals surface area contributed by atoms with Crippen LogP contribution in [-0.2, 0) is 0 Å². The first-order valence-corrected chi connectivity index (χ1v) is 5.05. The lowest BCUT2D eigenvalue weighted by atomic mass is 9.96. The number of aliphatic imine (C=N–C) groups is 1. The van der Waals surface area contributed by atoms with Gasteiger partial charge in [-0.25, -0.2) is 0 Å². The zero-order valence-electron chi connectivity index (χ0n) is 8.03. The van der Waals surface area contributed by atoms with E-state index in [1.807, 2.05) is 0 Å². The molecule has 1 aliphatic heterocycles. The molecule has 0 aromatic heterocycles. The molecule has 1 aliphatic rings. The van der Waals surface area contributed by atoms with Crippen molar-refractivity contribution in [2.45, 2.75) is 32.1 Å². The number of nitrogens with zero attached hydrogens (tertiary/aromatic N) is 1. The van der Waals surface area contributed by atoms with E-state index in [-0.39, 0.29) is 0 Å². The Hall–Kier alpha value is -1.11. The average Bonchev–Trinajstić information content (AvgIpc) is 2.58. The topological polar surface area (TPSA) is 12.4 Å². The maximum Gasteiger partial charge on any atom is 0.0664 e. The third kappa shape index (κ3) is 1.64. The molecule has 0 saturated heterocycles. The van der Waals surface area contributed by atoms with Gasteiger partial charge in [-0.15, -0.1) is 0 Å². The van der Waals surface area contributed by atoms with Crippen LogP contribution in [0.25, 0.3) is 0 Å². The van der Waals surface area contributed by atoms with Gasteiger partial charge in [0.25, 0.3) is 0 Å². The summed E-state index contributed by atoms with van der Waals surface area (Å²) in [4.78, 5) is 4.41. The summed E-state index contributed by atoms with van der Waals surface area (Å²) in [6, 6.07) is 8.45. The van der Waals surface area contributed by atoms with Crippen molar-refractivity contribution in [1.82, 2.24) is 0 Å². The predicted molar refractivity (Wildman–Crippen MR) is 56.9 cm³/mol. The molecule has 0 aliphatic carbocycles. The zero-order valence-corrected chi connectivity index (χ0v) is 8.03. The molecule has 1 heteroatoms. The highest BCUT2D eigenvalue weighted by Gasteiger charge is 2.16. The zero-order chi connectivity index (χ0) is 9.10. The second-order valence-corrected chi connectivity index (χ2v) is 3.59. The van der Waals surface area contributed by atoms with Crippen molar-refractivity contribution >= 4 is 11.9 Å². The second-order valence-electron chi connectivity index (χ2n) is 3.59. The lowest BCUT2D eigenvalue weighted by Gasteiger charge is -2.07. The molecular weight excluding hydrogens is 158 g/mol. The van der Waals surface area contributed by atoms with Gasteiger partial charge < -0.3 is 0 Å². The van der Waals surface area contributed by atoms with E-state index >= 15 is 0 Å². The minimum absolute atomic E-state index is 0.580. The predicted octanol–water partition coefficient (Wildman–Crippen LogP) is 3.68. The second kappa shape index (κ2) is 3.73. The molecule has 0 N–H and O–H groups in total. The van der Waals surface area contributed by atoms with Gasteiger partial charge in [-0.05, 0) is 18.1 Å². The number of rotatable bonds is 3. The average molecular weight is 173 g/mol. The highest BCUT2D eigenvalue weighted by atomic mass is 14.8. The molecule has 1 aromatic rings. The van der Waals surface area contributed by atoms with Gasteiger partial charge in [0.1, 0.15) is 0 Å². The number of hydrogen-bond acceptors (Lipinski definition) is 1. The summed E-state index contributed by atoms with van der Waals surface area (Å²) >= 11 is 0. The van der Waals surface area contributed by atoms with E-state index in [9.17, 15) is 0 Å². The largest absolute Gasteiger partial charge is 0.260 e. The SMILES string of the molecule is CCCCC1C=Nc2ccccc21. The Kier molecular flexibility index (Phi) is 2.44. The van der Waals surface area contributed by atoms with Crippen LogP contribution in [0, 0.1) is 0 Å². The Bertz CT molecular complexity index is 315. The highest BCUT2D eigenvalue weighted by Crippen LogP contribution is 2.34. The molecule has 0 radical (unpaired) electrons. The van der Waals surface area contributed by atoms with Gasteiger partial charge in [-0.3, -0.25) is 4.99 Å². The number of benzene rings is 1. The van der Waals surface area contributed by atoms with Crippen LogP contribution in [0.2, 0.25) is 0 Å². The molecule has 1 heterocycles. The summed E-state index contributed by atoms with van der Waals surface area (Å²) in [5.41, 5.74) is 2.58. The van der Waals surface area contributed by atoms with E-state index in [2.05, 4.69) is 42.4 Å². The monoisotopic (exact) mass is 173 g/mol. The van der Waals surface area contributed by atoms with Gasteiger partial charge in [0, 0.05) is 12.1 Å². The minimum Gasteiger partial charge on any atom is -0.260 e. The van der Waals surface area contributed by atoms with E-state index in [0.29, 0.717) is 5.92 Å². The first-order chi connectivity index (χ1) is 6.42. The molecule has 2 rings (SSSR count). The van der Waals surface area contributed by atoms with Gasteiger partial charge in [0.2, 0.25) is 0 Å². The van der Waals surface area contributed by atoms with E-state index in [4.69, 9.17) is 0 Å². The van der Waals surface area contributed by atoms with Crippen LogP contribution in [0.3, 0.4) is 0 Å². The van der Waals surface area contributed by atoms with E-state index < -0.39 is 0 Å². The summed E-state index contributed by atoms with van der Waals surface area (Å²) in [6.45, 7) is 2.23. The Labute approximate surface area is 79.5 Å². The summed E-state index contributed by atoms with van der Waals surface area (Å²) in [5.74, 6) is 0.580. The van der Waals surface area contributed by atoms with Crippen LogP contribution in [0.4, 0.5) is 5.69 Å². The summed E-state index contributed by atoms with van der Waals surface area (Å²) in [7, 11) is 0. The molecule has 0 amide bonds.